The van der Waals surface area contributed by atoms with Crippen LogP contribution in [0.15, 0.2) is 29.3 Å². The van der Waals surface area contributed by atoms with E-state index in [-0.39, 0.29) is 29.9 Å². The fourth-order valence-electron chi connectivity index (χ4n) is 3.57. The number of carbonyl (C=O) groups excluding carboxylic acids is 1. The first-order valence-corrected chi connectivity index (χ1v) is 10.9. The van der Waals surface area contributed by atoms with Crippen molar-refractivity contribution >= 4 is 35.8 Å². The molecule has 29 heavy (non-hydrogen) atoms. The molecule has 6 heteroatoms. The number of rotatable bonds is 11. The van der Waals surface area contributed by atoms with Crippen LogP contribution in [0.1, 0.15) is 69.9 Å². The van der Waals surface area contributed by atoms with E-state index in [1.165, 1.54) is 43.2 Å². The minimum absolute atomic E-state index is 0. The fourth-order valence-corrected chi connectivity index (χ4v) is 3.57. The number of nitrogens with one attached hydrogen (secondary N) is 2. The summed E-state index contributed by atoms with van der Waals surface area (Å²) in [4.78, 5) is 18.1. The first-order chi connectivity index (χ1) is 13.6. The van der Waals surface area contributed by atoms with Crippen LogP contribution in [0.25, 0.3) is 0 Å². The average molecular weight is 514 g/mol. The third kappa shape index (κ3) is 10.3. The summed E-state index contributed by atoms with van der Waals surface area (Å²) in [5.74, 6) is 1.94. The number of benzene rings is 1. The molecule has 2 N–H and O–H groups in total. The lowest BCUT2D eigenvalue weighted by Gasteiger charge is -2.16. The van der Waals surface area contributed by atoms with Crippen LogP contribution in [0.2, 0.25) is 0 Å². The Labute approximate surface area is 194 Å². The molecule has 0 aliphatic carbocycles. The van der Waals surface area contributed by atoms with Crippen LogP contribution in [-0.4, -0.2) is 36.9 Å². The molecule has 1 fully saturated rings. The molecule has 164 valence electrons. The number of aliphatic imine (C=N–C) groups is 1. The van der Waals surface area contributed by atoms with Gasteiger partial charge in [0.15, 0.2) is 5.96 Å². The molecule has 1 heterocycles. The van der Waals surface area contributed by atoms with Crippen molar-refractivity contribution < 1.29 is 4.79 Å². The van der Waals surface area contributed by atoms with E-state index in [2.05, 4.69) is 53.7 Å². The summed E-state index contributed by atoms with van der Waals surface area (Å²) in [6, 6.07) is 8.46. The lowest BCUT2D eigenvalue weighted by Crippen LogP contribution is -2.37. The monoisotopic (exact) mass is 514 g/mol. The van der Waals surface area contributed by atoms with E-state index in [1.807, 2.05) is 11.9 Å². The highest BCUT2D eigenvalue weighted by atomic mass is 127. The van der Waals surface area contributed by atoms with E-state index >= 15 is 0 Å². The summed E-state index contributed by atoms with van der Waals surface area (Å²) in [7, 11) is 1.81. The molecule has 0 spiro atoms. The lowest BCUT2D eigenvalue weighted by molar-refractivity contribution is -0.128. The zero-order valence-electron chi connectivity index (χ0n) is 18.4. The van der Waals surface area contributed by atoms with Crippen molar-refractivity contribution in [2.75, 3.05) is 20.1 Å². The Balaban J connectivity index is 0.00000420. The maximum atomic E-state index is 11.8. The Bertz CT molecular complexity index is 633. The van der Waals surface area contributed by atoms with Gasteiger partial charge in [0.2, 0.25) is 5.91 Å². The van der Waals surface area contributed by atoms with Gasteiger partial charge in [-0.1, -0.05) is 63.8 Å². The van der Waals surface area contributed by atoms with Crippen molar-refractivity contribution in [2.45, 2.75) is 71.9 Å². The molecule has 1 amide bonds. The van der Waals surface area contributed by atoms with Crippen molar-refractivity contribution in [1.82, 2.24) is 15.5 Å². The van der Waals surface area contributed by atoms with E-state index in [4.69, 9.17) is 0 Å². The highest BCUT2D eigenvalue weighted by Crippen LogP contribution is 2.15. The highest BCUT2D eigenvalue weighted by Gasteiger charge is 2.19. The normalized spacial score (nSPS) is 14.3. The molecular formula is C23H39IN4O. The second-order valence-corrected chi connectivity index (χ2v) is 8.19. The van der Waals surface area contributed by atoms with Gasteiger partial charge in [-0.15, -0.1) is 24.0 Å². The molecule has 1 aliphatic rings. The molecule has 1 aromatic carbocycles. The second kappa shape index (κ2) is 14.6. The number of halogens is 1. The van der Waals surface area contributed by atoms with E-state index in [1.54, 1.807) is 0 Å². The van der Waals surface area contributed by atoms with Gasteiger partial charge in [0.05, 0.1) is 0 Å². The third-order valence-corrected chi connectivity index (χ3v) is 5.22. The van der Waals surface area contributed by atoms with Gasteiger partial charge < -0.3 is 15.5 Å². The average Bonchev–Trinajstić information content (AvgIpc) is 3.08. The molecule has 1 saturated heterocycles. The zero-order chi connectivity index (χ0) is 20.2. The van der Waals surface area contributed by atoms with Gasteiger partial charge in [0.25, 0.3) is 0 Å². The maximum absolute atomic E-state index is 11.8. The van der Waals surface area contributed by atoms with E-state index < -0.39 is 0 Å². The smallest absolute Gasteiger partial charge is 0.222 e. The quantitative estimate of drug-likeness (QED) is 0.195. The number of unbranched alkanes of at least 4 members (excludes halogenated alkanes) is 3. The molecule has 5 nitrogen and oxygen atoms in total. The van der Waals surface area contributed by atoms with Gasteiger partial charge in [-0.25, -0.2) is 0 Å². The van der Waals surface area contributed by atoms with Crippen LogP contribution in [0.4, 0.5) is 0 Å². The van der Waals surface area contributed by atoms with Crippen molar-refractivity contribution in [2.24, 2.45) is 10.9 Å². The van der Waals surface area contributed by atoms with Crippen molar-refractivity contribution in [3.63, 3.8) is 0 Å². The van der Waals surface area contributed by atoms with Gasteiger partial charge in [-0.05, 0) is 29.9 Å². The summed E-state index contributed by atoms with van der Waals surface area (Å²) in [5.41, 5.74) is 2.40. The Morgan fingerprint density at radius 3 is 2.59 bits per heavy atom. The SMILES string of the molecule is CN=C(NCCCCCCC(C)C)NCc1cccc(CN2CCCC2=O)c1.I. The molecule has 0 radical (unpaired) electrons. The Morgan fingerprint density at radius 1 is 1.14 bits per heavy atom. The number of nitrogens with zero attached hydrogens (tertiary/aromatic N) is 2. The number of likely N-dealkylation sites (tertiary alicyclic amines) is 1. The summed E-state index contributed by atoms with van der Waals surface area (Å²) in [5, 5.41) is 6.80. The molecular weight excluding hydrogens is 475 g/mol. The lowest BCUT2D eigenvalue weighted by atomic mass is 10.0. The van der Waals surface area contributed by atoms with Crippen LogP contribution in [0, 0.1) is 5.92 Å². The van der Waals surface area contributed by atoms with Crippen molar-refractivity contribution in [3.05, 3.63) is 35.4 Å². The molecule has 0 bridgehead atoms. The van der Waals surface area contributed by atoms with Crippen LogP contribution < -0.4 is 10.6 Å². The van der Waals surface area contributed by atoms with E-state index in [0.717, 1.165) is 44.5 Å². The number of guanidine groups is 1. The van der Waals surface area contributed by atoms with Crippen LogP contribution in [-0.2, 0) is 17.9 Å². The van der Waals surface area contributed by atoms with Crippen LogP contribution in [0.5, 0.6) is 0 Å². The first-order valence-electron chi connectivity index (χ1n) is 10.9. The van der Waals surface area contributed by atoms with Gasteiger partial charge in [-0.3, -0.25) is 9.79 Å². The largest absolute Gasteiger partial charge is 0.356 e. The molecule has 0 aromatic heterocycles. The Kier molecular flexibility index (Phi) is 13.0. The molecule has 2 rings (SSSR count). The minimum atomic E-state index is 0. The Hall–Kier alpha value is -1.31. The number of hydrogen-bond acceptors (Lipinski definition) is 2. The summed E-state index contributed by atoms with van der Waals surface area (Å²) in [6.07, 6.45) is 8.12. The minimum Gasteiger partial charge on any atom is -0.356 e. The van der Waals surface area contributed by atoms with Crippen LogP contribution >= 0.6 is 24.0 Å². The second-order valence-electron chi connectivity index (χ2n) is 8.19. The number of hydrogen-bond donors (Lipinski definition) is 2. The van der Waals surface area contributed by atoms with Crippen molar-refractivity contribution in [3.8, 4) is 0 Å². The van der Waals surface area contributed by atoms with Gasteiger partial charge in [-0.2, -0.15) is 0 Å². The Morgan fingerprint density at radius 2 is 1.90 bits per heavy atom. The predicted molar refractivity (Wildman–Crippen MR) is 133 cm³/mol. The zero-order valence-corrected chi connectivity index (χ0v) is 20.7. The third-order valence-electron chi connectivity index (χ3n) is 5.22. The van der Waals surface area contributed by atoms with E-state index in [9.17, 15) is 4.79 Å². The molecule has 1 aromatic rings. The topological polar surface area (TPSA) is 56.7 Å². The standard InChI is InChI=1S/C23H38N4O.HI/c1-19(2)10-6-4-5-7-14-25-23(24-3)26-17-20-11-8-12-21(16-20)18-27-15-9-13-22(27)28;/h8,11-12,16,19H,4-7,9-10,13-15,17-18H2,1-3H3,(H2,24,25,26);1H. The molecule has 0 saturated carbocycles. The molecule has 0 atom stereocenters. The highest BCUT2D eigenvalue weighted by molar-refractivity contribution is 14.0. The van der Waals surface area contributed by atoms with Crippen molar-refractivity contribution in [1.29, 1.82) is 0 Å². The summed E-state index contributed by atoms with van der Waals surface area (Å²) in [6.45, 7) is 7.87. The first kappa shape index (κ1) is 25.7. The van der Waals surface area contributed by atoms with Gasteiger partial charge in [0, 0.05) is 39.6 Å². The van der Waals surface area contributed by atoms with Crippen LogP contribution in [0.3, 0.4) is 0 Å². The predicted octanol–water partition coefficient (Wildman–Crippen LogP) is 4.70. The van der Waals surface area contributed by atoms with E-state index in [0.29, 0.717) is 6.42 Å². The van der Waals surface area contributed by atoms with Gasteiger partial charge in [0.1, 0.15) is 0 Å². The number of amides is 1. The molecule has 1 aliphatic heterocycles. The molecule has 0 unspecified atom stereocenters. The summed E-state index contributed by atoms with van der Waals surface area (Å²) >= 11 is 0. The van der Waals surface area contributed by atoms with Gasteiger partial charge >= 0.3 is 0 Å². The fraction of sp³-hybridized carbons (Fsp3) is 0.652. The number of carbonyl (C=O) groups is 1. The summed E-state index contributed by atoms with van der Waals surface area (Å²) < 4.78 is 0. The maximum Gasteiger partial charge on any atom is 0.222 e.